The molecule has 2 unspecified atom stereocenters. The molecule has 0 aromatic carbocycles. The molecular formula is C12H20ClN3O. The van der Waals surface area contributed by atoms with E-state index in [9.17, 15) is 5.11 Å². The quantitative estimate of drug-likeness (QED) is 0.839. The van der Waals surface area contributed by atoms with E-state index in [1.807, 2.05) is 14.0 Å². The van der Waals surface area contributed by atoms with Crippen molar-refractivity contribution in [3.05, 3.63) is 16.4 Å². The maximum Gasteiger partial charge on any atom is 0.130 e. The van der Waals surface area contributed by atoms with Gasteiger partial charge in [-0.05, 0) is 25.8 Å². The van der Waals surface area contributed by atoms with Crippen molar-refractivity contribution in [2.45, 2.75) is 32.3 Å². The first kappa shape index (κ1) is 12.9. The van der Waals surface area contributed by atoms with E-state index in [2.05, 4.69) is 17.3 Å². The monoisotopic (exact) mass is 257 g/mol. The van der Waals surface area contributed by atoms with E-state index < -0.39 is 5.60 Å². The summed E-state index contributed by atoms with van der Waals surface area (Å²) >= 11 is 6.22. The second-order valence-corrected chi connectivity index (χ2v) is 5.47. The predicted molar refractivity (Wildman–Crippen MR) is 68.3 cm³/mol. The van der Waals surface area contributed by atoms with E-state index in [0.717, 1.165) is 30.8 Å². The van der Waals surface area contributed by atoms with Gasteiger partial charge in [-0.1, -0.05) is 18.5 Å². The van der Waals surface area contributed by atoms with Gasteiger partial charge >= 0.3 is 0 Å². The van der Waals surface area contributed by atoms with E-state index in [0.29, 0.717) is 11.6 Å². The number of halogens is 1. The number of rotatable bonds is 2. The number of aromatic nitrogens is 2. The lowest BCUT2D eigenvalue weighted by atomic mass is 9.78. The van der Waals surface area contributed by atoms with Crippen LogP contribution in [0.4, 0.5) is 0 Å². The summed E-state index contributed by atoms with van der Waals surface area (Å²) in [5.74, 6) is 0.229. The van der Waals surface area contributed by atoms with Gasteiger partial charge in [-0.25, -0.2) is 0 Å². The number of hydrogen-bond acceptors (Lipinski definition) is 3. The van der Waals surface area contributed by atoms with Crippen LogP contribution in [0.5, 0.6) is 0 Å². The number of piperidine rings is 1. The van der Waals surface area contributed by atoms with Gasteiger partial charge in [0.05, 0.1) is 11.3 Å². The molecule has 1 aromatic heterocycles. The Morgan fingerprint density at radius 2 is 2.35 bits per heavy atom. The Morgan fingerprint density at radius 3 is 2.88 bits per heavy atom. The molecule has 1 fully saturated rings. The molecule has 1 aliphatic rings. The highest BCUT2D eigenvalue weighted by Gasteiger charge is 2.37. The van der Waals surface area contributed by atoms with Crippen LogP contribution in [0.1, 0.15) is 24.6 Å². The molecule has 0 saturated carbocycles. The van der Waals surface area contributed by atoms with Crippen molar-refractivity contribution in [1.29, 1.82) is 0 Å². The van der Waals surface area contributed by atoms with E-state index in [4.69, 9.17) is 11.6 Å². The van der Waals surface area contributed by atoms with Crippen LogP contribution in [-0.2, 0) is 13.5 Å². The lowest BCUT2D eigenvalue weighted by Crippen LogP contribution is -2.50. The zero-order chi connectivity index (χ0) is 12.6. The van der Waals surface area contributed by atoms with Crippen LogP contribution in [0.15, 0.2) is 0 Å². The number of aliphatic hydroxyl groups is 1. The molecular weight excluding hydrogens is 238 g/mol. The second-order valence-electron chi connectivity index (χ2n) is 5.11. The van der Waals surface area contributed by atoms with Gasteiger partial charge in [0.1, 0.15) is 5.15 Å². The Kier molecular flexibility index (Phi) is 3.48. The Bertz CT molecular complexity index is 418. The van der Waals surface area contributed by atoms with Crippen LogP contribution in [0.2, 0.25) is 5.15 Å². The maximum atomic E-state index is 10.7. The molecule has 1 aliphatic heterocycles. The minimum Gasteiger partial charge on any atom is -0.389 e. The van der Waals surface area contributed by atoms with Crippen molar-refractivity contribution in [2.24, 2.45) is 13.0 Å². The second kappa shape index (κ2) is 4.59. The molecule has 96 valence electrons. The number of hydrogen-bond donors (Lipinski definition) is 2. The van der Waals surface area contributed by atoms with E-state index in [-0.39, 0.29) is 5.92 Å². The average Bonchev–Trinajstić information content (AvgIpc) is 2.50. The minimum atomic E-state index is -0.664. The molecule has 2 atom stereocenters. The third-order valence-electron chi connectivity index (χ3n) is 3.86. The topological polar surface area (TPSA) is 50.1 Å². The SMILES string of the molecule is Cc1nn(C)c(Cl)c1CC1(O)CCNCC1C. The van der Waals surface area contributed by atoms with Crippen LogP contribution >= 0.6 is 11.6 Å². The first-order valence-electron chi connectivity index (χ1n) is 6.05. The molecule has 0 bridgehead atoms. The molecule has 0 spiro atoms. The molecule has 1 saturated heterocycles. The van der Waals surface area contributed by atoms with E-state index in [1.165, 1.54) is 0 Å². The van der Waals surface area contributed by atoms with E-state index >= 15 is 0 Å². The summed E-state index contributed by atoms with van der Waals surface area (Å²) in [6.45, 7) is 5.73. The molecule has 0 radical (unpaired) electrons. The summed E-state index contributed by atoms with van der Waals surface area (Å²) in [6, 6.07) is 0. The lowest BCUT2D eigenvalue weighted by Gasteiger charge is -2.38. The molecule has 4 nitrogen and oxygen atoms in total. The van der Waals surface area contributed by atoms with E-state index in [1.54, 1.807) is 4.68 Å². The average molecular weight is 258 g/mol. The van der Waals surface area contributed by atoms with Crippen molar-refractivity contribution in [3.63, 3.8) is 0 Å². The van der Waals surface area contributed by atoms with Gasteiger partial charge in [0.2, 0.25) is 0 Å². The molecule has 1 aromatic rings. The van der Waals surface area contributed by atoms with Gasteiger partial charge in [-0.3, -0.25) is 4.68 Å². The fourth-order valence-electron chi connectivity index (χ4n) is 2.50. The third-order valence-corrected chi connectivity index (χ3v) is 4.33. The Balaban J connectivity index is 2.24. The fraction of sp³-hybridized carbons (Fsp3) is 0.750. The predicted octanol–water partition coefficient (Wildman–Crippen LogP) is 1.28. The number of nitrogens with one attached hydrogen (secondary N) is 1. The molecule has 2 rings (SSSR count). The zero-order valence-electron chi connectivity index (χ0n) is 10.6. The van der Waals surface area contributed by atoms with Gasteiger partial charge in [0, 0.05) is 25.6 Å². The van der Waals surface area contributed by atoms with Crippen molar-refractivity contribution >= 4 is 11.6 Å². The van der Waals surface area contributed by atoms with Crippen molar-refractivity contribution < 1.29 is 5.11 Å². The molecule has 17 heavy (non-hydrogen) atoms. The van der Waals surface area contributed by atoms with Crippen molar-refractivity contribution in [3.8, 4) is 0 Å². The third kappa shape index (κ3) is 2.34. The summed E-state index contributed by atoms with van der Waals surface area (Å²) < 4.78 is 1.67. The summed E-state index contributed by atoms with van der Waals surface area (Å²) in [5.41, 5.74) is 1.23. The van der Waals surface area contributed by atoms with Gasteiger partial charge < -0.3 is 10.4 Å². The Morgan fingerprint density at radius 1 is 1.65 bits per heavy atom. The maximum absolute atomic E-state index is 10.7. The Labute approximate surface area is 107 Å². The number of nitrogens with zero attached hydrogens (tertiary/aromatic N) is 2. The highest BCUT2D eigenvalue weighted by molar-refractivity contribution is 6.30. The molecule has 0 amide bonds. The first-order chi connectivity index (χ1) is 7.94. The highest BCUT2D eigenvalue weighted by atomic mass is 35.5. The Hall–Kier alpha value is -0.580. The standard InChI is InChI=1S/C12H20ClN3O/c1-8-7-14-5-4-12(8,17)6-10-9(2)15-16(3)11(10)13/h8,14,17H,4-7H2,1-3H3. The first-order valence-corrected chi connectivity index (χ1v) is 6.43. The normalized spacial score (nSPS) is 29.6. The van der Waals surface area contributed by atoms with Crippen LogP contribution in [0.25, 0.3) is 0 Å². The lowest BCUT2D eigenvalue weighted by molar-refractivity contribution is -0.0330. The molecule has 0 aliphatic carbocycles. The zero-order valence-corrected chi connectivity index (χ0v) is 11.4. The van der Waals surface area contributed by atoms with Gasteiger partial charge in [-0.15, -0.1) is 0 Å². The summed E-state index contributed by atoms with van der Waals surface area (Å²) in [5, 5.41) is 18.9. The van der Waals surface area contributed by atoms with Gasteiger partial charge in [-0.2, -0.15) is 5.10 Å². The summed E-state index contributed by atoms with van der Waals surface area (Å²) in [6.07, 6.45) is 1.35. The fourth-order valence-corrected chi connectivity index (χ4v) is 2.74. The smallest absolute Gasteiger partial charge is 0.130 e. The van der Waals surface area contributed by atoms with Crippen LogP contribution < -0.4 is 5.32 Å². The van der Waals surface area contributed by atoms with Crippen molar-refractivity contribution in [2.75, 3.05) is 13.1 Å². The molecule has 2 N–H and O–H groups in total. The molecule has 2 heterocycles. The minimum absolute atomic E-state index is 0.229. The largest absolute Gasteiger partial charge is 0.389 e. The highest BCUT2D eigenvalue weighted by Crippen LogP contribution is 2.31. The number of aryl methyl sites for hydroxylation is 2. The molecule has 5 heteroatoms. The van der Waals surface area contributed by atoms with Crippen LogP contribution in [0, 0.1) is 12.8 Å². The summed E-state index contributed by atoms with van der Waals surface area (Å²) in [7, 11) is 1.83. The van der Waals surface area contributed by atoms with Crippen LogP contribution in [-0.4, -0.2) is 33.6 Å². The summed E-state index contributed by atoms with van der Waals surface area (Å²) in [4.78, 5) is 0. The van der Waals surface area contributed by atoms with Crippen LogP contribution in [0.3, 0.4) is 0 Å². The van der Waals surface area contributed by atoms with Gasteiger partial charge in [0.25, 0.3) is 0 Å². The van der Waals surface area contributed by atoms with Gasteiger partial charge in [0.15, 0.2) is 0 Å². The van der Waals surface area contributed by atoms with Crippen molar-refractivity contribution in [1.82, 2.24) is 15.1 Å².